The van der Waals surface area contributed by atoms with Gasteiger partial charge in [0, 0.05) is 25.6 Å². The van der Waals surface area contributed by atoms with Gasteiger partial charge in [-0.05, 0) is 73.9 Å². The quantitative estimate of drug-likeness (QED) is 0.127. The van der Waals surface area contributed by atoms with Crippen molar-refractivity contribution in [2.75, 3.05) is 13.2 Å². The highest BCUT2D eigenvalue weighted by Gasteiger charge is 2.05. The normalized spacial score (nSPS) is 11.3. The lowest BCUT2D eigenvalue weighted by Gasteiger charge is -2.07. The average Bonchev–Trinajstić information content (AvgIpc) is 2.95. The number of hydrogen-bond acceptors (Lipinski definition) is 4. The number of hydrogen-bond donors (Lipinski definition) is 2. The first kappa shape index (κ1) is 32.4. The summed E-state index contributed by atoms with van der Waals surface area (Å²) in [4.78, 5) is 9.26. The van der Waals surface area contributed by atoms with E-state index in [2.05, 4.69) is 34.2 Å². The minimum atomic E-state index is 0.344. The Hall–Kier alpha value is -1.78. The van der Waals surface area contributed by atoms with E-state index in [9.17, 15) is 0 Å². The number of unbranched alkanes of at least 4 members (excludes halogenated alkanes) is 18. The minimum absolute atomic E-state index is 0.344. The van der Waals surface area contributed by atoms with Gasteiger partial charge in [-0.2, -0.15) is 0 Å². The molecular formula is C34H56N2O2. The molecule has 0 amide bonds. The van der Waals surface area contributed by atoms with Crippen molar-refractivity contribution in [1.82, 2.24) is 9.97 Å². The summed E-state index contributed by atoms with van der Waals surface area (Å²) in [7, 11) is 0. The van der Waals surface area contributed by atoms with Crippen LogP contribution in [0.5, 0.6) is 0 Å². The monoisotopic (exact) mass is 524 g/mol. The lowest BCUT2D eigenvalue weighted by atomic mass is 10.0. The summed E-state index contributed by atoms with van der Waals surface area (Å²) in [6.07, 6.45) is 31.5. The zero-order chi connectivity index (χ0) is 26.9. The Balaban J connectivity index is 1.58. The Morgan fingerprint density at radius 2 is 0.684 bits per heavy atom. The van der Waals surface area contributed by atoms with Crippen LogP contribution < -0.4 is 0 Å². The van der Waals surface area contributed by atoms with Crippen molar-refractivity contribution in [2.45, 2.75) is 141 Å². The van der Waals surface area contributed by atoms with E-state index in [-0.39, 0.29) is 0 Å². The van der Waals surface area contributed by atoms with Crippen LogP contribution in [-0.2, 0) is 12.8 Å². The first-order chi connectivity index (χ1) is 18.8. The molecule has 38 heavy (non-hydrogen) atoms. The Bertz CT molecular complexity index is 743. The molecule has 4 nitrogen and oxygen atoms in total. The predicted molar refractivity (Wildman–Crippen MR) is 161 cm³/mol. The zero-order valence-electron chi connectivity index (χ0n) is 24.2. The van der Waals surface area contributed by atoms with Crippen molar-refractivity contribution < 1.29 is 10.2 Å². The summed E-state index contributed by atoms with van der Waals surface area (Å²) in [5.74, 6) is 0. The van der Waals surface area contributed by atoms with Crippen LogP contribution in [0.1, 0.15) is 140 Å². The molecule has 0 radical (unpaired) electrons. The SMILES string of the molecule is OCCCCCCCCCCCCc1ccnc(-c2cc(CCCCCCCCCCCCO)ccn2)c1. The Morgan fingerprint density at radius 1 is 0.395 bits per heavy atom. The Kier molecular flexibility index (Phi) is 19.7. The third kappa shape index (κ3) is 16.2. The largest absolute Gasteiger partial charge is 0.396 e. The fourth-order valence-corrected chi connectivity index (χ4v) is 5.25. The summed E-state index contributed by atoms with van der Waals surface area (Å²) in [5, 5.41) is 17.7. The number of pyridine rings is 2. The van der Waals surface area contributed by atoms with Crippen LogP contribution in [0.3, 0.4) is 0 Å². The molecule has 0 aliphatic carbocycles. The molecule has 2 aromatic heterocycles. The van der Waals surface area contributed by atoms with Crippen LogP contribution >= 0.6 is 0 Å². The molecule has 4 heteroatoms. The summed E-state index contributed by atoms with van der Waals surface area (Å²) in [6.45, 7) is 0.689. The van der Waals surface area contributed by atoms with Gasteiger partial charge in [-0.1, -0.05) is 103 Å². The van der Waals surface area contributed by atoms with Crippen molar-refractivity contribution in [1.29, 1.82) is 0 Å². The van der Waals surface area contributed by atoms with Gasteiger partial charge >= 0.3 is 0 Å². The van der Waals surface area contributed by atoms with Gasteiger partial charge in [0.1, 0.15) is 0 Å². The maximum atomic E-state index is 8.83. The fourth-order valence-electron chi connectivity index (χ4n) is 5.25. The molecular weight excluding hydrogens is 468 g/mol. The molecule has 0 aliphatic heterocycles. The van der Waals surface area contributed by atoms with Crippen LogP contribution in [-0.4, -0.2) is 33.4 Å². The third-order valence-corrected chi connectivity index (χ3v) is 7.66. The highest BCUT2D eigenvalue weighted by Crippen LogP contribution is 2.20. The molecule has 0 saturated heterocycles. The van der Waals surface area contributed by atoms with E-state index in [0.29, 0.717) is 13.2 Å². The second-order valence-electron chi connectivity index (χ2n) is 11.1. The van der Waals surface area contributed by atoms with E-state index in [1.807, 2.05) is 12.4 Å². The lowest BCUT2D eigenvalue weighted by Crippen LogP contribution is -1.94. The van der Waals surface area contributed by atoms with Crippen molar-refractivity contribution >= 4 is 0 Å². The van der Waals surface area contributed by atoms with Gasteiger partial charge in [-0.25, -0.2) is 0 Å². The van der Waals surface area contributed by atoms with Crippen LogP contribution in [0.2, 0.25) is 0 Å². The molecule has 0 aliphatic rings. The van der Waals surface area contributed by atoms with E-state index in [0.717, 1.165) is 37.1 Å². The van der Waals surface area contributed by atoms with E-state index in [4.69, 9.17) is 10.2 Å². The Labute approximate surface area is 233 Å². The second-order valence-corrected chi connectivity index (χ2v) is 11.1. The molecule has 0 aromatic carbocycles. The smallest absolute Gasteiger partial charge is 0.0888 e. The number of aliphatic hydroxyl groups excluding tert-OH is 2. The molecule has 2 N–H and O–H groups in total. The number of aryl methyl sites for hydroxylation is 2. The predicted octanol–water partition coefficient (Wildman–Crippen LogP) is 9.02. The van der Waals surface area contributed by atoms with Gasteiger partial charge in [0.15, 0.2) is 0 Å². The number of aliphatic hydroxyl groups is 2. The molecule has 0 bridgehead atoms. The van der Waals surface area contributed by atoms with Gasteiger partial charge in [0.25, 0.3) is 0 Å². The molecule has 0 unspecified atom stereocenters. The van der Waals surface area contributed by atoms with Crippen LogP contribution in [0.25, 0.3) is 11.4 Å². The van der Waals surface area contributed by atoms with Crippen LogP contribution in [0.15, 0.2) is 36.7 Å². The number of nitrogens with zero attached hydrogens (tertiary/aromatic N) is 2. The first-order valence-corrected chi connectivity index (χ1v) is 16.0. The zero-order valence-corrected chi connectivity index (χ0v) is 24.2. The van der Waals surface area contributed by atoms with E-state index < -0.39 is 0 Å². The maximum Gasteiger partial charge on any atom is 0.0888 e. The Morgan fingerprint density at radius 3 is 1.00 bits per heavy atom. The molecule has 0 fully saturated rings. The van der Waals surface area contributed by atoms with Gasteiger partial charge in [-0.3, -0.25) is 9.97 Å². The molecule has 0 spiro atoms. The standard InChI is InChI=1S/C34H56N2O2/c37-27-19-15-11-7-3-1-5-9-13-17-21-31-23-25-35-33(29-31)34-30-32(24-26-36-34)22-18-14-10-6-2-4-8-12-16-20-28-38/h23-26,29-30,37-38H,1-22,27-28H2. The van der Waals surface area contributed by atoms with Gasteiger partial charge in [-0.15, -0.1) is 0 Å². The van der Waals surface area contributed by atoms with Crippen molar-refractivity contribution in [2.24, 2.45) is 0 Å². The summed E-state index contributed by atoms with van der Waals surface area (Å²) < 4.78 is 0. The highest BCUT2D eigenvalue weighted by molar-refractivity contribution is 5.55. The number of aromatic nitrogens is 2. The van der Waals surface area contributed by atoms with Crippen LogP contribution in [0.4, 0.5) is 0 Å². The first-order valence-electron chi connectivity index (χ1n) is 16.0. The van der Waals surface area contributed by atoms with E-state index >= 15 is 0 Å². The van der Waals surface area contributed by atoms with Gasteiger partial charge in [0.05, 0.1) is 11.4 Å². The van der Waals surface area contributed by atoms with Gasteiger partial charge in [0.2, 0.25) is 0 Å². The maximum absolute atomic E-state index is 8.83. The van der Waals surface area contributed by atoms with Crippen molar-refractivity contribution in [3.05, 3.63) is 47.8 Å². The van der Waals surface area contributed by atoms with Gasteiger partial charge < -0.3 is 10.2 Å². The topological polar surface area (TPSA) is 66.2 Å². The molecule has 2 rings (SSSR count). The van der Waals surface area contributed by atoms with Crippen molar-refractivity contribution in [3.63, 3.8) is 0 Å². The van der Waals surface area contributed by atoms with E-state index in [1.54, 1.807) is 0 Å². The molecule has 0 atom stereocenters. The molecule has 2 aromatic rings. The molecule has 214 valence electrons. The minimum Gasteiger partial charge on any atom is -0.396 e. The van der Waals surface area contributed by atoms with E-state index in [1.165, 1.54) is 127 Å². The van der Waals surface area contributed by atoms with Crippen molar-refractivity contribution in [3.8, 4) is 11.4 Å². The molecule has 2 heterocycles. The average molecular weight is 525 g/mol. The van der Waals surface area contributed by atoms with Crippen LogP contribution in [0, 0.1) is 0 Å². The third-order valence-electron chi connectivity index (χ3n) is 7.66. The number of rotatable bonds is 25. The summed E-state index contributed by atoms with van der Waals surface area (Å²) >= 11 is 0. The highest BCUT2D eigenvalue weighted by atomic mass is 16.3. The second kappa shape index (κ2) is 23.1. The molecule has 0 saturated carbocycles. The fraction of sp³-hybridized carbons (Fsp3) is 0.706. The summed E-state index contributed by atoms with van der Waals surface area (Å²) in [6, 6.07) is 8.80. The summed E-state index contributed by atoms with van der Waals surface area (Å²) in [5.41, 5.74) is 4.76. The lowest BCUT2D eigenvalue weighted by molar-refractivity contribution is 0.282.